The number of ether oxygens (including phenoxy) is 1. The number of carbonyl (C=O) groups excluding carboxylic acids is 1. The zero-order valence-electron chi connectivity index (χ0n) is 17.6. The van der Waals surface area contributed by atoms with Crippen LogP contribution in [0.2, 0.25) is 0 Å². The van der Waals surface area contributed by atoms with E-state index in [0.29, 0.717) is 5.56 Å². The molecule has 4 aromatic carbocycles. The molecule has 0 saturated heterocycles. The summed E-state index contributed by atoms with van der Waals surface area (Å²) < 4.78 is 5.80. The second-order valence-electron chi connectivity index (χ2n) is 7.24. The van der Waals surface area contributed by atoms with E-state index in [1.54, 1.807) is 6.07 Å². The van der Waals surface area contributed by atoms with E-state index in [1.165, 1.54) is 23.0 Å². The van der Waals surface area contributed by atoms with E-state index in [2.05, 4.69) is 113 Å². The Morgan fingerprint density at radius 2 is 1.16 bits per heavy atom. The zero-order valence-corrected chi connectivity index (χ0v) is 21.7. The van der Waals surface area contributed by atoms with Crippen LogP contribution in [-0.4, -0.2) is 13.1 Å². The first-order valence-electron chi connectivity index (χ1n) is 10.1. The Hall–Kier alpha value is -2.26. The van der Waals surface area contributed by atoms with E-state index in [9.17, 15) is 4.79 Å². The van der Waals surface area contributed by atoms with Crippen molar-refractivity contribution in [2.45, 2.75) is 6.16 Å². The molecule has 0 aliphatic carbocycles. The van der Waals surface area contributed by atoms with E-state index in [4.69, 9.17) is 4.74 Å². The second-order valence-corrected chi connectivity index (χ2v) is 11.5. The van der Waals surface area contributed by atoms with E-state index < -0.39 is 7.26 Å². The van der Waals surface area contributed by atoms with Gasteiger partial charge in [0, 0.05) is 10.0 Å². The van der Waals surface area contributed by atoms with Crippen molar-refractivity contribution in [2.75, 3.05) is 7.11 Å². The van der Waals surface area contributed by atoms with Crippen LogP contribution in [0, 0.1) is 0 Å². The number of rotatable bonds is 6. The maximum absolute atomic E-state index is 12.3. The van der Waals surface area contributed by atoms with Crippen LogP contribution in [0.1, 0.15) is 15.9 Å². The lowest BCUT2D eigenvalue weighted by molar-refractivity contribution is -0.0000205. The van der Waals surface area contributed by atoms with Gasteiger partial charge in [0.1, 0.15) is 23.2 Å². The van der Waals surface area contributed by atoms with Gasteiger partial charge in [-0.3, -0.25) is 0 Å². The van der Waals surface area contributed by atoms with Crippen molar-refractivity contribution < 1.29 is 26.5 Å². The SMILES string of the molecule is COC(=O)c1cccc(C[P+](c2ccccc2)(c2ccccc2)c2ccccc2)c1Br.[Br-]. The van der Waals surface area contributed by atoms with Gasteiger partial charge in [0.15, 0.2) is 0 Å². The second kappa shape index (κ2) is 11.0. The van der Waals surface area contributed by atoms with Gasteiger partial charge in [-0.25, -0.2) is 4.79 Å². The lowest BCUT2D eigenvalue weighted by Gasteiger charge is -2.28. The molecular formula is C27H23Br2O2P. The normalized spacial score (nSPS) is 10.8. The topological polar surface area (TPSA) is 26.3 Å². The van der Waals surface area contributed by atoms with E-state index in [1.807, 2.05) is 6.07 Å². The predicted octanol–water partition coefficient (Wildman–Crippen LogP) is 2.73. The summed E-state index contributed by atoms with van der Waals surface area (Å²) in [5, 5.41) is 3.92. The van der Waals surface area contributed by atoms with E-state index >= 15 is 0 Å². The van der Waals surface area contributed by atoms with Gasteiger partial charge in [-0.2, -0.15) is 0 Å². The molecule has 4 aromatic rings. The Kier molecular flexibility index (Phi) is 8.42. The smallest absolute Gasteiger partial charge is 0.339 e. The predicted molar refractivity (Wildman–Crippen MR) is 134 cm³/mol. The molecule has 0 bridgehead atoms. The molecule has 0 radical (unpaired) electrons. The molecule has 0 aromatic heterocycles. The minimum Gasteiger partial charge on any atom is -1.00 e. The molecule has 2 nitrogen and oxygen atoms in total. The molecule has 0 heterocycles. The van der Waals surface area contributed by atoms with Gasteiger partial charge in [-0.1, -0.05) is 66.7 Å². The fraction of sp³-hybridized carbons (Fsp3) is 0.0741. The fourth-order valence-electron chi connectivity index (χ4n) is 3.99. The summed E-state index contributed by atoms with van der Waals surface area (Å²) in [6.07, 6.45) is 0.788. The minimum absolute atomic E-state index is 0. The van der Waals surface area contributed by atoms with Crippen LogP contribution in [-0.2, 0) is 10.9 Å². The Labute approximate surface area is 208 Å². The number of hydrogen-bond acceptors (Lipinski definition) is 2. The van der Waals surface area contributed by atoms with Crippen molar-refractivity contribution >= 4 is 45.1 Å². The van der Waals surface area contributed by atoms with Crippen LogP contribution in [0.3, 0.4) is 0 Å². The van der Waals surface area contributed by atoms with Crippen LogP contribution in [0.4, 0.5) is 0 Å². The monoisotopic (exact) mass is 568 g/mol. The zero-order chi connectivity index (χ0) is 21.7. The number of carbonyl (C=O) groups is 1. The van der Waals surface area contributed by atoms with Crippen LogP contribution in [0.15, 0.2) is 114 Å². The lowest BCUT2D eigenvalue weighted by Crippen LogP contribution is -3.00. The summed E-state index contributed by atoms with van der Waals surface area (Å²) in [4.78, 5) is 12.3. The van der Waals surface area contributed by atoms with Gasteiger partial charge in [0.25, 0.3) is 0 Å². The van der Waals surface area contributed by atoms with Gasteiger partial charge in [-0.15, -0.1) is 0 Å². The van der Waals surface area contributed by atoms with Gasteiger partial charge >= 0.3 is 5.97 Å². The third kappa shape index (κ3) is 4.73. The van der Waals surface area contributed by atoms with E-state index in [0.717, 1.165) is 16.2 Å². The van der Waals surface area contributed by atoms with Crippen molar-refractivity contribution in [2.24, 2.45) is 0 Å². The minimum atomic E-state index is -2.04. The Morgan fingerprint density at radius 3 is 1.56 bits per heavy atom. The van der Waals surface area contributed by atoms with Crippen LogP contribution >= 0.6 is 23.2 Å². The molecule has 32 heavy (non-hydrogen) atoms. The highest BCUT2D eigenvalue weighted by Gasteiger charge is 2.45. The van der Waals surface area contributed by atoms with Gasteiger partial charge < -0.3 is 21.7 Å². The highest BCUT2D eigenvalue weighted by Crippen LogP contribution is 2.58. The highest BCUT2D eigenvalue weighted by atomic mass is 79.9. The molecule has 162 valence electrons. The summed E-state index contributed by atoms with van der Waals surface area (Å²) in [6, 6.07) is 38.0. The average Bonchev–Trinajstić information content (AvgIpc) is 2.84. The molecule has 0 aliphatic rings. The molecule has 0 spiro atoms. The van der Waals surface area contributed by atoms with Crippen molar-refractivity contribution in [1.82, 2.24) is 0 Å². The summed E-state index contributed by atoms with van der Waals surface area (Å²) in [5.41, 5.74) is 1.64. The van der Waals surface area contributed by atoms with Crippen molar-refractivity contribution in [1.29, 1.82) is 0 Å². The molecule has 0 aliphatic heterocycles. The maximum atomic E-state index is 12.3. The molecule has 4 rings (SSSR count). The first-order chi connectivity index (χ1) is 15.2. The van der Waals surface area contributed by atoms with E-state index in [-0.39, 0.29) is 23.0 Å². The number of esters is 1. The van der Waals surface area contributed by atoms with Crippen LogP contribution in [0.25, 0.3) is 0 Å². The van der Waals surface area contributed by atoms with Crippen LogP contribution < -0.4 is 32.9 Å². The first kappa shape index (κ1) is 24.4. The molecule has 0 unspecified atom stereocenters. The number of methoxy groups -OCH3 is 1. The average molecular weight is 570 g/mol. The standard InChI is InChI=1S/C27H23BrO2P.BrH/c1-30-27(29)25-19-11-12-21(26(25)28)20-31(22-13-5-2-6-14-22,23-15-7-3-8-16-23)24-17-9-4-10-18-24;/h2-19H,20H2,1H3;1H/q+1;/p-1. The van der Waals surface area contributed by atoms with Gasteiger partial charge in [0.05, 0.1) is 18.8 Å². The summed E-state index contributed by atoms with van der Waals surface area (Å²) in [7, 11) is -0.629. The quantitative estimate of drug-likeness (QED) is 0.264. The molecule has 0 amide bonds. The largest absolute Gasteiger partial charge is 1.00 e. The van der Waals surface area contributed by atoms with Crippen molar-refractivity contribution in [3.63, 3.8) is 0 Å². The maximum Gasteiger partial charge on any atom is 0.339 e. The molecule has 0 fully saturated rings. The number of halogens is 2. The molecule has 0 saturated carbocycles. The molecular weight excluding hydrogens is 547 g/mol. The summed E-state index contributed by atoms with van der Waals surface area (Å²) in [5.74, 6) is -0.336. The van der Waals surface area contributed by atoms with Crippen molar-refractivity contribution in [3.05, 3.63) is 125 Å². The molecule has 0 atom stereocenters. The highest BCUT2D eigenvalue weighted by molar-refractivity contribution is 9.10. The lowest BCUT2D eigenvalue weighted by atomic mass is 10.1. The number of hydrogen-bond donors (Lipinski definition) is 0. The summed E-state index contributed by atoms with van der Waals surface area (Å²) >= 11 is 3.71. The third-order valence-corrected chi connectivity index (χ3v) is 10.8. The molecule has 5 heteroatoms. The third-order valence-electron chi connectivity index (χ3n) is 5.48. The molecule has 0 N–H and O–H groups in total. The van der Waals surface area contributed by atoms with Crippen LogP contribution in [0.5, 0.6) is 0 Å². The Bertz CT molecular complexity index is 1070. The van der Waals surface area contributed by atoms with Gasteiger partial charge in [-0.05, 0) is 58.4 Å². The van der Waals surface area contributed by atoms with Gasteiger partial charge in [0.2, 0.25) is 0 Å². The Balaban J connectivity index is 0.00000289. The first-order valence-corrected chi connectivity index (χ1v) is 12.8. The Morgan fingerprint density at radius 1 is 0.719 bits per heavy atom. The number of benzene rings is 4. The fourth-order valence-corrected chi connectivity index (χ4v) is 9.04. The van der Waals surface area contributed by atoms with Crippen molar-refractivity contribution in [3.8, 4) is 0 Å². The summed E-state index contributed by atoms with van der Waals surface area (Å²) in [6.45, 7) is 0.